The van der Waals surface area contributed by atoms with Gasteiger partial charge in [-0.1, -0.05) is 41.9 Å². The summed E-state index contributed by atoms with van der Waals surface area (Å²) in [6.07, 6.45) is 1.76. The first-order chi connectivity index (χ1) is 18.7. The molecule has 0 unspecified atom stereocenters. The molecule has 1 atom stereocenters. The van der Waals surface area contributed by atoms with Crippen LogP contribution in [0.5, 0.6) is 11.5 Å². The van der Waals surface area contributed by atoms with Crippen LogP contribution in [-0.2, 0) is 25.7 Å². The number of H-pyrrole nitrogens is 1. The number of hydrogen-bond donors (Lipinski definition) is 1. The molecule has 3 aromatic carbocycles. The average Bonchev–Trinajstić information content (AvgIpc) is 3.29. The van der Waals surface area contributed by atoms with Gasteiger partial charge in [-0.3, -0.25) is 9.59 Å². The van der Waals surface area contributed by atoms with Gasteiger partial charge < -0.3 is 23.9 Å². The lowest BCUT2D eigenvalue weighted by Gasteiger charge is -2.36. The van der Waals surface area contributed by atoms with E-state index in [1.54, 1.807) is 30.5 Å². The van der Waals surface area contributed by atoms with Gasteiger partial charge in [0.1, 0.15) is 12.4 Å². The fourth-order valence-corrected chi connectivity index (χ4v) is 5.13. The number of benzene rings is 3. The Morgan fingerprint density at radius 1 is 1.03 bits per heavy atom. The molecule has 0 bridgehead atoms. The summed E-state index contributed by atoms with van der Waals surface area (Å²) in [7, 11) is 0. The van der Waals surface area contributed by atoms with Gasteiger partial charge in [0.2, 0.25) is 0 Å². The second-order valence-corrected chi connectivity index (χ2v) is 10.1. The number of aromatic amines is 1. The summed E-state index contributed by atoms with van der Waals surface area (Å²) in [6, 6.07) is 17.0. The molecular formula is C30H27ClFNO6. The Morgan fingerprint density at radius 2 is 1.77 bits per heavy atom. The standard InChI is InChI=1S/C30H27ClFNO6/c1-4-36-24-14-18(13-22(31)27(24)37-16-17-8-7-9-19(32)12-17)25(21-15-33-23-11-6-5-10-20(21)23)26-28(34)38-30(2,3)39-29(26)35/h5-15,25-26,33H,4,16H2,1-3H3/t25-/m0/s1. The van der Waals surface area contributed by atoms with Gasteiger partial charge in [-0.05, 0) is 53.9 Å². The van der Waals surface area contributed by atoms with Gasteiger partial charge in [0, 0.05) is 36.9 Å². The van der Waals surface area contributed by atoms with Crippen LogP contribution in [0.15, 0.2) is 66.9 Å². The number of ether oxygens (including phenoxy) is 4. The van der Waals surface area contributed by atoms with E-state index < -0.39 is 29.6 Å². The number of aromatic nitrogens is 1. The molecule has 0 spiro atoms. The van der Waals surface area contributed by atoms with Gasteiger partial charge in [-0.15, -0.1) is 0 Å². The molecule has 5 rings (SSSR count). The molecule has 4 aromatic rings. The number of para-hydroxylation sites is 1. The van der Waals surface area contributed by atoms with Crippen LogP contribution < -0.4 is 9.47 Å². The molecule has 1 aliphatic heterocycles. The number of rotatable bonds is 8. The highest BCUT2D eigenvalue weighted by Gasteiger charge is 2.49. The van der Waals surface area contributed by atoms with Crippen LogP contribution in [0.1, 0.15) is 43.4 Å². The molecule has 0 radical (unpaired) electrons. The molecule has 0 saturated carbocycles. The number of carbonyl (C=O) groups is 2. The first kappa shape index (κ1) is 26.6. The highest BCUT2D eigenvalue weighted by atomic mass is 35.5. The van der Waals surface area contributed by atoms with E-state index in [0.717, 1.165) is 10.9 Å². The van der Waals surface area contributed by atoms with Gasteiger partial charge in [0.15, 0.2) is 17.4 Å². The van der Waals surface area contributed by atoms with Crippen molar-refractivity contribution in [2.45, 2.75) is 39.1 Å². The summed E-state index contributed by atoms with van der Waals surface area (Å²) < 4.78 is 36.5. The molecular weight excluding hydrogens is 525 g/mol. The van der Waals surface area contributed by atoms with Crippen LogP contribution in [0.25, 0.3) is 10.9 Å². The van der Waals surface area contributed by atoms with Crippen LogP contribution >= 0.6 is 11.6 Å². The zero-order valence-electron chi connectivity index (χ0n) is 21.6. The van der Waals surface area contributed by atoms with Crippen molar-refractivity contribution in [2.24, 2.45) is 5.92 Å². The lowest BCUT2D eigenvalue weighted by molar-refractivity contribution is -0.240. The fraction of sp³-hybridized carbons (Fsp3) is 0.267. The van der Waals surface area contributed by atoms with Crippen molar-refractivity contribution < 1.29 is 32.9 Å². The van der Waals surface area contributed by atoms with Crippen LogP contribution in [0, 0.1) is 11.7 Å². The number of hydrogen-bond acceptors (Lipinski definition) is 6. The maximum Gasteiger partial charge on any atom is 0.324 e. The third-order valence-corrected chi connectivity index (χ3v) is 6.73. The zero-order chi connectivity index (χ0) is 27.7. The highest BCUT2D eigenvalue weighted by Crippen LogP contribution is 2.45. The second kappa shape index (κ2) is 10.6. The minimum atomic E-state index is -1.38. The molecule has 1 N–H and O–H groups in total. The van der Waals surface area contributed by atoms with Crippen molar-refractivity contribution in [3.8, 4) is 11.5 Å². The van der Waals surface area contributed by atoms with E-state index in [4.69, 9.17) is 30.5 Å². The van der Waals surface area contributed by atoms with Gasteiger partial charge >= 0.3 is 11.9 Å². The monoisotopic (exact) mass is 551 g/mol. The molecule has 1 aromatic heterocycles. The largest absolute Gasteiger partial charge is 0.490 e. The first-order valence-electron chi connectivity index (χ1n) is 12.5. The Morgan fingerprint density at radius 3 is 2.49 bits per heavy atom. The average molecular weight is 552 g/mol. The van der Waals surface area contributed by atoms with Crippen molar-refractivity contribution in [3.05, 3.63) is 94.4 Å². The van der Waals surface area contributed by atoms with E-state index in [-0.39, 0.29) is 23.2 Å². The molecule has 1 fully saturated rings. The van der Waals surface area contributed by atoms with Crippen LogP contribution in [0.2, 0.25) is 5.02 Å². The lowest BCUT2D eigenvalue weighted by atomic mass is 9.79. The minimum absolute atomic E-state index is 0.0547. The van der Waals surface area contributed by atoms with Crippen molar-refractivity contribution >= 4 is 34.4 Å². The number of nitrogens with one attached hydrogen (secondary N) is 1. The molecule has 9 heteroatoms. The zero-order valence-corrected chi connectivity index (χ0v) is 22.4. The molecule has 1 aliphatic rings. The van der Waals surface area contributed by atoms with E-state index in [0.29, 0.717) is 29.0 Å². The van der Waals surface area contributed by atoms with E-state index in [1.807, 2.05) is 31.2 Å². The summed E-state index contributed by atoms with van der Waals surface area (Å²) in [5.74, 6) is -4.68. The fourth-order valence-electron chi connectivity index (χ4n) is 4.86. The van der Waals surface area contributed by atoms with Crippen LogP contribution in [0.3, 0.4) is 0 Å². The van der Waals surface area contributed by atoms with E-state index in [9.17, 15) is 14.0 Å². The Kier molecular flexibility index (Phi) is 7.23. The van der Waals surface area contributed by atoms with Gasteiger partial charge in [-0.25, -0.2) is 4.39 Å². The molecule has 39 heavy (non-hydrogen) atoms. The number of esters is 2. The summed E-state index contributed by atoms with van der Waals surface area (Å²) in [4.78, 5) is 29.7. The highest BCUT2D eigenvalue weighted by molar-refractivity contribution is 6.32. The Hall–Kier alpha value is -4.04. The maximum absolute atomic E-state index is 13.7. The maximum atomic E-state index is 13.7. The first-order valence-corrected chi connectivity index (χ1v) is 12.9. The quantitative estimate of drug-likeness (QED) is 0.198. The lowest BCUT2D eigenvalue weighted by Crippen LogP contribution is -2.48. The predicted octanol–water partition coefficient (Wildman–Crippen LogP) is 6.52. The second-order valence-electron chi connectivity index (χ2n) is 9.67. The number of carbonyl (C=O) groups excluding carboxylic acids is 2. The van der Waals surface area contributed by atoms with E-state index >= 15 is 0 Å². The summed E-state index contributed by atoms with van der Waals surface area (Å²) in [6.45, 7) is 5.18. The summed E-state index contributed by atoms with van der Waals surface area (Å²) in [5.41, 5.74) is 2.67. The molecule has 1 saturated heterocycles. The topological polar surface area (TPSA) is 86.9 Å². The minimum Gasteiger partial charge on any atom is -0.490 e. The summed E-state index contributed by atoms with van der Waals surface area (Å²) in [5, 5.41) is 1.03. The predicted molar refractivity (Wildman–Crippen MR) is 143 cm³/mol. The van der Waals surface area contributed by atoms with Crippen molar-refractivity contribution in [1.29, 1.82) is 0 Å². The third-order valence-electron chi connectivity index (χ3n) is 6.45. The smallest absolute Gasteiger partial charge is 0.324 e. The van der Waals surface area contributed by atoms with Gasteiger partial charge in [0.25, 0.3) is 5.79 Å². The molecule has 0 amide bonds. The van der Waals surface area contributed by atoms with Crippen molar-refractivity contribution in [3.63, 3.8) is 0 Å². The van der Waals surface area contributed by atoms with Gasteiger partial charge in [-0.2, -0.15) is 0 Å². The summed E-state index contributed by atoms with van der Waals surface area (Å²) >= 11 is 6.73. The Balaban J connectivity index is 1.61. The molecule has 7 nitrogen and oxygen atoms in total. The molecule has 0 aliphatic carbocycles. The van der Waals surface area contributed by atoms with Crippen LogP contribution in [-0.4, -0.2) is 29.3 Å². The SMILES string of the molecule is CCOc1cc([C@@H](c2c[nH]c3ccccc23)C2C(=O)OC(C)(C)OC2=O)cc(Cl)c1OCc1cccc(F)c1. The van der Waals surface area contributed by atoms with Crippen molar-refractivity contribution in [1.82, 2.24) is 4.98 Å². The normalized spacial score (nSPS) is 16.0. The number of halogens is 2. The van der Waals surface area contributed by atoms with E-state index in [1.165, 1.54) is 26.0 Å². The third kappa shape index (κ3) is 5.43. The van der Waals surface area contributed by atoms with Crippen LogP contribution in [0.4, 0.5) is 4.39 Å². The Labute approximate surface area is 229 Å². The Bertz CT molecular complexity index is 1530. The molecule has 2 heterocycles. The van der Waals surface area contributed by atoms with E-state index in [2.05, 4.69) is 4.98 Å². The van der Waals surface area contributed by atoms with Gasteiger partial charge in [0.05, 0.1) is 11.6 Å². The number of fused-ring (bicyclic) bond motifs is 1. The van der Waals surface area contributed by atoms with Crippen molar-refractivity contribution in [2.75, 3.05) is 6.61 Å². The number of cyclic esters (lactones) is 2. The molecule has 202 valence electrons.